The number of hydrogen-bond donors (Lipinski definition) is 2. The van der Waals surface area contributed by atoms with Gasteiger partial charge in [-0.25, -0.2) is 22.3 Å². The van der Waals surface area contributed by atoms with Gasteiger partial charge in [0.15, 0.2) is 9.84 Å². The Labute approximate surface area is 232 Å². The Morgan fingerprint density at radius 1 is 1.18 bits per heavy atom. The number of carbonyl (C=O) groups excluding carboxylic acids is 1. The molecule has 14 heteroatoms. The minimum Gasteiger partial charge on any atom is -0.494 e. The first kappa shape index (κ1) is 30.0. The van der Waals surface area contributed by atoms with Gasteiger partial charge in [0.1, 0.15) is 15.4 Å². The summed E-state index contributed by atoms with van der Waals surface area (Å²) >= 11 is 1.22. The summed E-state index contributed by atoms with van der Waals surface area (Å²) in [6.07, 6.45) is 1.95. The van der Waals surface area contributed by atoms with Crippen molar-refractivity contribution in [3.63, 3.8) is 0 Å². The summed E-state index contributed by atoms with van der Waals surface area (Å²) in [5.41, 5.74) is 2.38. The van der Waals surface area contributed by atoms with Gasteiger partial charge in [0.25, 0.3) is 0 Å². The highest BCUT2D eigenvalue weighted by atomic mass is 35.5. The predicted octanol–water partition coefficient (Wildman–Crippen LogP) is 3.23. The van der Waals surface area contributed by atoms with Gasteiger partial charge in [-0.05, 0) is 67.4 Å². The van der Waals surface area contributed by atoms with Gasteiger partial charge in [-0.1, -0.05) is 0 Å². The van der Waals surface area contributed by atoms with Crippen LogP contribution in [-0.4, -0.2) is 62.7 Å². The molecule has 4 rings (SSSR count). The zero-order valence-corrected chi connectivity index (χ0v) is 23.7. The maximum atomic E-state index is 13.7. The molecule has 1 aliphatic heterocycles. The first-order chi connectivity index (χ1) is 17.6. The average Bonchev–Trinajstić information content (AvgIpc) is 3.34. The summed E-state index contributed by atoms with van der Waals surface area (Å²) in [4.78, 5) is 17.4. The molecule has 0 saturated carbocycles. The molecule has 2 aromatic heterocycles. The third kappa shape index (κ3) is 5.87. The Morgan fingerprint density at radius 3 is 2.55 bits per heavy atom. The van der Waals surface area contributed by atoms with Crippen molar-refractivity contribution in [1.82, 2.24) is 14.8 Å². The van der Waals surface area contributed by atoms with E-state index in [4.69, 9.17) is 4.74 Å². The van der Waals surface area contributed by atoms with Gasteiger partial charge < -0.3 is 4.74 Å². The van der Waals surface area contributed by atoms with Crippen molar-refractivity contribution < 1.29 is 31.6 Å². The molecule has 38 heavy (non-hydrogen) atoms. The number of thiophene rings is 1. The van der Waals surface area contributed by atoms with E-state index in [1.165, 1.54) is 41.3 Å². The summed E-state index contributed by atoms with van der Waals surface area (Å²) in [7, 11) is -8.04. The van der Waals surface area contributed by atoms with Crippen LogP contribution in [-0.2, 0) is 29.4 Å². The van der Waals surface area contributed by atoms with E-state index in [0.29, 0.717) is 17.2 Å². The number of aromatic nitrogens is 1. The van der Waals surface area contributed by atoms with Crippen molar-refractivity contribution in [2.75, 3.05) is 25.4 Å². The maximum absolute atomic E-state index is 13.7. The molecule has 0 spiro atoms. The molecule has 1 unspecified atom stereocenters. The topological polar surface area (TPSA) is 143 Å². The van der Waals surface area contributed by atoms with Crippen LogP contribution in [0.3, 0.4) is 0 Å². The van der Waals surface area contributed by atoms with Crippen molar-refractivity contribution in [3.05, 3.63) is 65.8 Å². The number of benzene rings is 1. The number of rotatable bonds is 8. The molecule has 206 valence electrons. The Balaban J connectivity index is 0.00000400. The lowest BCUT2D eigenvalue weighted by molar-refractivity contribution is -0.129. The van der Waals surface area contributed by atoms with Crippen LogP contribution in [0, 0.1) is 0 Å². The first-order valence-electron chi connectivity index (χ1n) is 11.5. The highest BCUT2D eigenvalue weighted by Gasteiger charge is 2.50. The lowest BCUT2D eigenvalue weighted by atomic mass is 9.97. The van der Waals surface area contributed by atoms with Crippen molar-refractivity contribution >= 4 is 49.5 Å². The molecule has 1 amide bonds. The second-order valence-corrected chi connectivity index (χ2v) is 13.9. The largest absolute Gasteiger partial charge is 0.494 e. The van der Waals surface area contributed by atoms with Crippen molar-refractivity contribution in [1.29, 1.82) is 0 Å². The second-order valence-electron chi connectivity index (χ2n) is 8.49. The number of hydroxylamine groups is 1. The number of amides is 1. The number of pyridine rings is 1. The highest BCUT2D eigenvalue weighted by molar-refractivity contribution is 7.92. The van der Waals surface area contributed by atoms with Gasteiger partial charge in [-0.3, -0.25) is 15.0 Å². The monoisotopic (exact) mass is 601 g/mol. The maximum Gasteiger partial charge on any atom is 0.245 e. The van der Waals surface area contributed by atoms with Gasteiger partial charge in [0.2, 0.25) is 15.9 Å². The fourth-order valence-electron chi connectivity index (χ4n) is 4.36. The Kier molecular flexibility index (Phi) is 9.55. The molecule has 2 N–H and O–H groups in total. The quantitative estimate of drug-likeness (QED) is 0.296. The Morgan fingerprint density at radius 2 is 1.92 bits per heavy atom. The standard InChI is InChI=1S/C24H27N3O7S3.ClH/c1-2-34-19-7-5-18(6-8-19)21-9-10-22(35-21)24(16-23(28)26-29)11-13-27(14-15-36(24,30)31)37(32,33)20-4-3-12-25-17-20;/h3-10,12,17,29H,2,11,13-16H2,1H3,(H,26,28);1H. The van der Waals surface area contributed by atoms with Crippen LogP contribution >= 0.6 is 23.7 Å². The third-order valence-electron chi connectivity index (χ3n) is 6.32. The zero-order chi connectivity index (χ0) is 26.7. The molecule has 0 aliphatic carbocycles. The van der Waals surface area contributed by atoms with Crippen LogP contribution in [0.1, 0.15) is 24.6 Å². The van der Waals surface area contributed by atoms with Crippen LogP contribution in [0.4, 0.5) is 0 Å². The van der Waals surface area contributed by atoms with E-state index in [1.54, 1.807) is 12.1 Å². The minimum atomic E-state index is -4.04. The van der Waals surface area contributed by atoms with Gasteiger partial charge >= 0.3 is 0 Å². The fraction of sp³-hybridized carbons (Fsp3) is 0.333. The number of sulfonamides is 1. The number of nitrogens with one attached hydrogen (secondary N) is 1. The molecule has 3 aromatic rings. The Bertz CT molecular complexity index is 1460. The summed E-state index contributed by atoms with van der Waals surface area (Å²) in [6.45, 7) is 2.02. The van der Waals surface area contributed by atoms with Crippen molar-refractivity contribution in [2.45, 2.75) is 29.4 Å². The predicted molar refractivity (Wildman–Crippen MR) is 146 cm³/mol. The second kappa shape index (κ2) is 12.1. The lowest BCUT2D eigenvalue weighted by Gasteiger charge is -2.30. The molecular weight excluding hydrogens is 574 g/mol. The number of sulfone groups is 1. The van der Waals surface area contributed by atoms with Crippen molar-refractivity contribution in [3.8, 4) is 16.2 Å². The SMILES string of the molecule is CCOc1ccc(-c2ccc(C3(CC(=O)NO)CCN(S(=O)(=O)c4cccnc4)CCS3(=O)=O)s2)cc1.Cl. The normalized spacial score (nSPS) is 19.6. The molecule has 0 bridgehead atoms. The first-order valence-corrected chi connectivity index (χ1v) is 15.4. The molecule has 1 aromatic carbocycles. The highest BCUT2D eigenvalue weighted by Crippen LogP contribution is 2.45. The average molecular weight is 602 g/mol. The van der Waals surface area contributed by atoms with Gasteiger partial charge in [0.05, 0.1) is 18.8 Å². The molecule has 10 nitrogen and oxygen atoms in total. The van der Waals surface area contributed by atoms with E-state index in [9.17, 15) is 26.8 Å². The smallest absolute Gasteiger partial charge is 0.245 e. The zero-order valence-electron chi connectivity index (χ0n) is 20.4. The van der Waals surface area contributed by atoms with Crippen LogP contribution < -0.4 is 10.2 Å². The molecule has 1 aliphatic rings. The van der Waals surface area contributed by atoms with E-state index < -0.39 is 42.7 Å². The number of ether oxygens (including phenoxy) is 1. The molecule has 1 atom stereocenters. The molecular formula is C24H28ClN3O7S3. The van der Waals surface area contributed by atoms with E-state index >= 15 is 0 Å². The third-order valence-corrected chi connectivity index (χ3v) is 12.1. The summed E-state index contributed by atoms with van der Waals surface area (Å²) in [5.74, 6) is -0.648. The number of nitrogens with zero attached hydrogens (tertiary/aromatic N) is 2. The minimum absolute atomic E-state index is 0. The van der Waals surface area contributed by atoms with E-state index in [1.807, 2.05) is 31.2 Å². The fourth-order valence-corrected chi connectivity index (χ4v) is 9.49. The van der Waals surface area contributed by atoms with Crippen molar-refractivity contribution in [2.24, 2.45) is 0 Å². The van der Waals surface area contributed by atoms with E-state index in [-0.39, 0.29) is 36.8 Å². The van der Waals surface area contributed by atoms with E-state index in [0.717, 1.165) is 14.7 Å². The summed E-state index contributed by atoms with van der Waals surface area (Å²) < 4.78 is 58.8. The van der Waals surface area contributed by atoms with Gasteiger partial charge in [0, 0.05) is 35.2 Å². The molecule has 3 heterocycles. The lowest BCUT2D eigenvalue weighted by Crippen LogP contribution is -2.41. The van der Waals surface area contributed by atoms with Gasteiger partial charge in [-0.2, -0.15) is 4.31 Å². The van der Waals surface area contributed by atoms with E-state index in [2.05, 4.69) is 4.98 Å². The van der Waals surface area contributed by atoms with Crippen LogP contribution in [0.15, 0.2) is 65.8 Å². The number of hydrogen-bond acceptors (Lipinski definition) is 9. The molecule has 1 saturated heterocycles. The van der Waals surface area contributed by atoms with Crippen LogP contribution in [0.5, 0.6) is 5.75 Å². The van der Waals surface area contributed by atoms with Crippen LogP contribution in [0.25, 0.3) is 10.4 Å². The molecule has 1 fully saturated rings. The number of halogens is 1. The van der Waals surface area contributed by atoms with Crippen LogP contribution in [0.2, 0.25) is 0 Å². The number of carbonyl (C=O) groups is 1. The van der Waals surface area contributed by atoms with Gasteiger partial charge in [-0.15, -0.1) is 23.7 Å². The Hall–Kier alpha value is -2.55. The molecule has 0 radical (unpaired) electrons. The summed E-state index contributed by atoms with van der Waals surface area (Å²) in [6, 6.07) is 13.7. The summed E-state index contributed by atoms with van der Waals surface area (Å²) in [5, 5.41) is 9.23.